The van der Waals surface area contributed by atoms with Gasteiger partial charge in [0.05, 0.1) is 0 Å². The maximum absolute atomic E-state index is 12.3. The number of carbonyl (C=O) groups is 1. The summed E-state index contributed by atoms with van der Waals surface area (Å²) < 4.78 is 0. The van der Waals surface area contributed by atoms with Crippen LogP contribution in [-0.2, 0) is 0 Å². The Bertz CT molecular complexity index is 425. The molecule has 0 radical (unpaired) electrons. The SMILES string of the molecule is O=C(c1cccc(Cl)n1)N1CCCC1CCCO. The molecule has 1 amide bonds. The van der Waals surface area contributed by atoms with Crippen molar-refractivity contribution in [3.63, 3.8) is 0 Å². The molecule has 0 bridgehead atoms. The third kappa shape index (κ3) is 3.00. The second kappa shape index (κ2) is 6.16. The highest BCUT2D eigenvalue weighted by Gasteiger charge is 2.29. The molecule has 98 valence electrons. The van der Waals surface area contributed by atoms with Gasteiger partial charge in [-0.25, -0.2) is 4.98 Å². The molecule has 2 heterocycles. The van der Waals surface area contributed by atoms with E-state index in [2.05, 4.69) is 4.98 Å². The van der Waals surface area contributed by atoms with Crippen LogP contribution in [0.3, 0.4) is 0 Å². The van der Waals surface area contributed by atoms with Crippen LogP contribution in [0, 0.1) is 0 Å². The average Bonchev–Trinajstić information content (AvgIpc) is 2.83. The lowest BCUT2D eigenvalue weighted by Gasteiger charge is -2.24. The van der Waals surface area contributed by atoms with Crippen molar-refractivity contribution in [3.8, 4) is 0 Å². The first-order valence-electron chi connectivity index (χ1n) is 6.27. The average molecular weight is 269 g/mol. The number of aliphatic hydroxyl groups excluding tert-OH is 1. The topological polar surface area (TPSA) is 53.4 Å². The number of hydrogen-bond donors (Lipinski definition) is 1. The predicted molar refractivity (Wildman–Crippen MR) is 69.6 cm³/mol. The van der Waals surface area contributed by atoms with Gasteiger partial charge in [0.15, 0.2) is 0 Å². The molecule has 1 saturated heterocycles. The third-order valence-corrected chi connectivity index (χ3v) is 3.48. The van der Waals surface area contributed by atoms with E-state index in [0.717, 1.165) is 32.2 Å². The molecule has 1 atom stereocenters. The van der Waals surface area contributed by atoms with Crippen LogP contribution in [0.25, 0.3) is 0 Å². The van der Waals surface area contributed by atoms with Crippen LogP contribution in [0.5, 0.6) is 0 Å². The molecule has 18 heavy (non-hydrogen) atoms. The van der Waals surface area contributed by atoms with E-state index < -0.39 is 0 Å². The zero-order chi connectivity index (χ0) is 13.0. The van der Waals surface area contributed by atoms with Gasteiger partial charge in [0.2, 0.25) is 0 Å². The van der Waals surface area contributed by atoms with Gasteiger partial charge in [-0.3, -0.25) is 4.79 Å². The van der Waals surface area contributed by atoms with Gasteiger partial charge < -0.3 is 10.0 Å². The number of aliphatic hydroxyl groups is 1. The van der Waals surface area contributed by atoms with Crippen molar-refractivity contribution in [3.05, 3.63) is 29.0 Å². The van der Waals surface area contributed by atoms with E-state index in [0.29, 0.717) is 10.8 Å². The summed E-state index contributed by atoms with van der Waals surface area (Å²) in [5.41, 5.74) is 0.401. The van der Waals surface area contributed by atoms with E-state index in [-0.39, 0.29) is 18.6 Å². The van der Waals surface area contributed by atoms with Gasteiger partial charge in [0.25, 0.3) is 5.91 Å². The first kappa shape index (κ1) is 13.3. The lowest BCUT2D eigenvalue weighted by Crippen LogP contribution is -2.36. The molecule has 0 aliphatic carbocycles. The zero-order valence-corrected chi connectivity index (χ0v) is 10.9. The number of amides is 1. The highest BCUT2D eigenvalue weighted by atomic mass is 35.5. The Kier molecular flexibility index (Phi) is 4.55. The van der Waals surface area contributed by atoms with E-state index in [9.17, 15) is 4.79 Å². The number of carbonyl (C=O) groups excluding carboxylic acids is 1. The maximum atomic E-state index is 12.3. The maximum Gasteiger partial charge on any atom is 0.272 e. The quantitative estimate of drug-likeness (QED) is 0.851. The Morgan fingerprint density at radius 2 is 2.39 bits per heavy atom. The van der Waals surface area contributed by atoms with Crippen LogP contribution < -0.4 is 0 Å². The van der Waals surface area contributed by atoms with Gasteiger partial charge in [-0.15, -0.1) is 0 Å². The molecule has 0 saturated carbocycles. The largest absolute Gasteiger partial charge is 0.396 e. The second-order valence-corrected chi connectivity index (χ2v) is 4.89. The predicted octanol–water partition coefficient (Wildman–Crippen LogP) is 2.11. The van der Waals surface area contributed by atoms with E-state index in [1.54, 1.807) is 18.2 Å². The summed E-state index contributed by atoms with van der Waals surface area (Å²) in [6.45, 7) is 0.942. The Labute approximate surface area is 112 Å². The molecule has 1 aliphatic rings. The number of aromatic nitrogens is 1. The van der Waals surface area contributed by atoms with Crippen LogP contribution in [0.4, 0.5) is 0 Å². The summed E-state index contributed by atoms with van der Waals surface area (Å²) in [7, 11) is 0. The molecule has 1 unspecified atom stereocenters. The van der Waals surface area contributed by atoms with Crippen molar-refractivity contribution in [1.82, 2.24) is 9.88 Å². The fourth-order valence-corrected chi connectivity index (χ4v) is 2.57. The van der Waals surface area contributed by atoms with E-state index in [1.807, 2.05) is 4.90 Å². The molecular formula is C13H17ClN2O2. The molecule has 1 aliphatic heterocycles. The standard InChI is InChI=1S/C13H17ClN2O2/c14-12-7-1-6-11(15-12)13(18)16-8-2-4-10(16)5-3-9-17/h1,6-7,10,17H,2-5,8-9H2. The van der Waals surface area contributed by atoms with E-state index >= 15 is 0 Å². The van der Waals surface area contributed by atoms with Gasteiger partial charge in [-0.1, -0.05) is 17.7 Å². The van der Waals surface area contributed by atoms with Gasteiger partial charge in [0.1, 0.15) is 10.8 Å². The van der Waals surface area contributed by atoms with Gasteiger partial charge in [-0.05, 0) is 37.8 Å². The van der Waals surface area contributed by atoms with Crippen LogP contribution >= 0.6 is 11.6 Å². The van der Waals surface area contributed by atoms with Crippen molar-refractivity contribution in [2.45, 2.75) is 31.7 Å². The molecule has 4 nitrogen and oxygen atoms in total. The van der Waals surface area contributed by atoms with Gasteiger partial charge in [0, 0.05) is 19.2 Å². The number of nitrogens with zero attached hydrogens (tertiary/aromatic N) is 2. The van der Waals surface area contributed by atoms with Crippen molar-refractivity contribution in [2.24, 2.45) is 0 Å². The Balaban J connectivity index is 2.08. The smallest absolute Gasteiger partial charge is 0.272 e. The van der Waals surface area contributed by atoms with E-state index in [4.69, 9.17) is 16.7 Å². The monoisotopic (exact) mass is 268 g/mol. The number of rotatable bonds is 4. The Morgan fingerprint density at radius 1 is 1.56 bits per heavy atom. The minimum absolute atomic E-state index is 0.0575. The highest BCUT2D eigenvalue weighted by molar-refractivity contribution is 6.29. The minimum atomic E-state index is -0.0575. The van der Waals surface area contributed by atoms with Gasteiger partial charge in [-0.2, -0.15) is 0 Å². The molecule has 1 N–H and O–H groups in total. The number of likely N-dealkylation sites (tertiary alicyclic amines) is 1. The summed E-state index contributed by atoms with van der Waals surface area (Å²) in [5.74, 6) is -0.0575. The summed E-state index contributed by atoms with van der Waals surface area (Å²) in [4.78, 5) is 18.2. The van der Waals surface area contributed by atoms with Crippen molar-refractivity contribution >= 4 is 17.5 Å². The summed E-state index contributed by atoms with van der Waals surface area (Å²) in [5, 5.41) is 9.21. The lowest BCUT2D eigenvalue weighted by molar-refractivity contribution is 0.0718. The Morgan fingerprint density at radius 3 is 3.11 bits per heavy atom. The Hall–Kier alpha value is -1.13. The molecule has 2 rings (SSSR count). The van der Waals surface area contributed by atoms with Crippen molar-refractivity contribution in [1.29, 1.82) is 0 Å². The molecule has 1 aromatic rings. The van der Waals surface area contributed by atoms with Crippen LogP contribution in [0.2, 0.25) is 5.15 Å². The second-order valence-electron chi connectivity index (χ2n) is 4.51. The molecule has 0 aromatic carbocycles. The molecule has 5 heteroatoms. The minimum Gasteiger partial charge on any atom is -0.396 e. The number of pyridine rings is 1. The molecule has 1 fully saturated rings. The normalized spacial score (nSPS) is 19.2. The lowest BCUT2D eigenvalue weighted by atomic mass is 10.1. The summed E-state index contributed by atoms with van der Waals surface area (Å²) in [6, 6.07) is 5.31. The zero-order valence-electron chi connectivity index (χ0n) is 10.2. The van der Waals surface area contributed by atoms with Crippen molar-refractivity contribution < 1.29 is 9.90 Å². The number of hydrogen-bond acceptors (Lipinski definition) is 3. The highest BCUT2D eigenvalue weighted by Crippen LogP contribution is 2.23. The number of halogens is 1. The van der Waals surface area contributed by atoms with Crippen LogP contribution in [-0.4, -0.2) is 40.1 Å². The first-order chi connectivity index (χ1) is 8.72. The van der Waals surface area contributed by atoms with Crippen LogP contribution in [0.1, 0.15) is 36.2 Å². The fraction of sp³-hybridized carbons (Fsp3) is 0.538. The molecule has 1 aromatic heterocycles. The van der Waals surface area contributed by atoms with Crippen molar-refractivity contribution in [2.75, 3.05) is 13.2 Å². The first-order valence-corrected chi connectivity index (χ1v) is 6.64. The van der Waals surface area contributed by atoms with Crippen LogP contribution in [0.15, 0.2) is 18.2 Å². The molecule has 0 spiro atoms. The third-order valence-electron chi connectivity index (χ3n) is 3.27. The van der Waals surface area contributed by atoms with E-state index in [1.165, 1.54) is 0 Å². The van der Waals surface area contributed by atoms with Gasteiger partial charge >= 0.3 is 0 Å². The molecular weight excluding hydrogens is 252 g/mol. The fourth-order valence-electron chi connectivity index (χ4n) is 2.40. The summed E-state index contributed by atoms with van der Waals surface area (Å²) >= 11 is 5.80. The summed E-state index contributed by atoms with van der Waals surface area (Å²) in [6.07, 6.45) is 3.61.